The molecular weight excluding hydrogens is 256 g/mol. The zero-order valence-electron chi connectivity index (χ0n) is 10.5. The summed E-state index contributed by atoms with van der Waals surface area (Å²) in [4.78, 5) is 23.0. The Bertz CT molecular complexity index is 710. The van der Waals surface area contributed by atoms with E-state index in [-0.39, 0.29) is 17.6 Å². The van der Waals surface area contributed by atoms with E-state index in [2.05, 4.69) is 10.6 Å². The van der Waals surface area contributed by atoms with Crippen LogP contribution in [0, 0.1) is 0 Å². The van der Waals surface area contributed by atoms with Gasteiger partial charge in [0.2, 0.25) is 0 Å². The lowest BCUT2D eigenvalue weighted by atomic mass is 10.1. The van der Waals surface area contributed by atoms with Crippen LogP contribution in [0.1, 0.15) is 26.3 Å². The molecule has 0 atom stereocenters. The SMILES string of the molecule is O=C1NC(=O)c2cc(NCc3cccc(O)c3)ccc21. The van der Waals surface area contributed by atoms with E-state index in [9.17, 15) is 14.7 Å². The Morgan fingerprint density at radius 3 is 2.60 bits per heavy atom. The number of anilines is 1. The molecule has 0 radical (unpaired) electrons. The van der Waals surface area contributed by atoms with Gasteiger partial charge < -0.3 is 10.4 Å². The van der Waals surface area contributed by atoms with E-state index in [0.717, 1.165) is 11.3 Å². The molecule has 5 heteroatoms. The number of rotatable bonds is 3. The van der Waals surface area contributed by atoms with Crippen molar-refractivity contribution < 1.29 is 14.7 Å². The number of amides is 2. The van der Waals surface area contributed by atoms with Crippen LogP contribution in [0.2, 0.25) is 0 Å². The molecule has 3 N–H and O–H groups in total. The van der Waals surface area contributed by atoms with Gasteiger partial charge >= 0.3 is 0 Å². The van der Waals surface area contributed by atoms with Crippen molar-refractivity contribution >= 4 is 17.5 Å². The summed E-state index contributed by atoms with van der Waals surface area (Å²) >= 11 is 0. The molecule has 0 spiro atoms. The molecule has 0 aromatic heterocycles. The summed E-state index contributed by atoms with van der Waals surface area (Å²) in [5, 5.41) is 14.8. The van der Waals surface area contributed by atoms with Crippen molar-refractivity contribution in [3.63, 3.8) is 0 Å². The predicted octanol–water partition coefficient (Wildman–Crippen LogP) is 1.89. The first-order valence-corrected chi connectivity index (χ1v) is 6.15. The lowest BCUT2D eigenvalue weighted by Gasteiger charge is -2.07. The van der Waals surface area contributed by atoms with E-state index in [1.54, 1.807) is 36.4 Å². The Morgan fingerprint density at radius 1 is 1.00 bits per heavy atom. The van der Waals surface area contributed by atoms with Crippen molar-refractivity contribution in [3.05, 3.63) is 59.2 Å². The maximum atomic E-state index is 11.6. The van der Waals surface area contributed by atoms with Crippen molar-refractivity contribution in [1.82, 2.24) is 5.32 Å². The molecule has 1 heterocycles. The van der Waals surface area contributed by atoms with E-state index in [0.29, 0.717) is 17.7 Å². The minimum absolute atomic E-state index is 0.211. The summed E-state index contributed by atoms with van der Waals surface area (Å²) in [7, 11) is 0. The summed E-state index contributed by atoms with van der Waals surface area (Å²) in [5.41, 5.74) is 2.46. The molecule has 3 rings (SSSR count). The van der Waals surface area contributed by atoms with Gasteiger partial charge in [0, 0.05) is 12.2 Å². The van der Waals surface area contributed by atoms with Crippen LogP contribution in [0.5, 0.6) is 5.75 Å². The monoisotopic (exact) mass is 268 g/mol. The van der Waals surface area contributed by atoms with E-state index in [1.165, 1.54) is 0 Å². The Kier molecular flexibility index (Phi) is 2.87. The van der Waals surface area contributed by atoms with Gasteiger partial charge in [-0.15, -0.1) is 0 Å². The van der Waals surface area contributed by atoms with Gasteiger partial charge in [0.25, 0.3) is 11.8 Å². The number of carbonyl (C=O) groups excluding carboxylic acids is 2. The smallest absolute Gasteiger partial charge is 0.259 e. The first-order valence-electron chi connectivity index (χ1n) is 6.15. The highest BCUT2D eigenvalue weighted by Gasteiger charge is 2.26. The van der Waals surface area contributed by atoms with Crippen LogP contribution in [0.4, 0.5) is 5.69 Å². The summed E-state index contributed by atoms with van der Waals surface area (Å²) < 4.78 is 0. The summed E-state index contributed by atoms with van der Waals surface area (Å²) in [6.45, 7) is 0.517. The number of phenolic OH excluding ortho intramolecular Hbond substituents is 1. The third kappa shape index (κ3) is 2.21. The first kappa shape index (κ1) is 12.2. The second kappa shape index (κ2) is 4.70. The van der Waals surface area contributed by atoms with Crippen molar-refractivity contribution in [2.24, 2.45) is 0 Å². The van der Waals surface area contributed by atoms with Gasteiger partial charge in [0.05, 0.1) is 11.1 Å². The Morgan fingerprint density at radius 2 is 1.80 bits per heavy atom. The average Bonchev–Trinajstić information content (AvgIpc) is 2.72. The minimum atomic E-state index is -0.369. The number of imide groups is 1. The van der Waals surface area contributed by atoms with Gasteiger partial charge in [-0.25, -0.2) is 0 Å². The summed E-state index contributed by atoms with van der Waals surface area (Å²) in [5.74, 6) is -0.515. The van der Waals surface area contributed by atoms with Crippen LogP contribution in [0.25, 0.3) is 0 Å². The molecule has 20 heavy (non-hydrogen) atoms. The number of benzene rings is 2. The molecule has 1 aliphatic rings. The van der Waals surface area contributed by atoms with Crippen LogP contribution >= 0.6 is 0 Å². The number of hydrogen-bond donors (Lipinski definition) is 3. The second-order valence-corrected chi connectivity index (χ2v) is 4.57. The van der Waals surface area contributed by atoms with Gasteiger partial charge in [-0.3, -0.25) is 14.9 Å². The third-order valence-corrected chi connectivity index (χ3v) is 3.14. The van der Waals surface area contributed by atoms with Gasteiger partial charge in [-0.05, 0) is 35.9 Å². The van der Waals surface area contributed by atoms with Crippen molar-refractivity contribution in [2.45, 2.75) is 6.54 Å². The normalized spacial score (nSPS) is 13.0. The standard InChI is InChI=1S/C15H12N2O3/c18-11-3-1-2-9(6-11)8-16-10-4-5-12-13(7-10)15(20)17-14(12)19/h1-7,16,18H,8H2,(H,17,19,20). The van der Waals surface area contributed by atoms with Crippen LogP contribution in [-0.2, 0) is 6.54 Å². The van der Waals surface area contributed by atoms with E-state index >= 15 is 0 Å². The molecular formula is C15H12N2O3. The predicted molar refractivity (Wildman–Crippen MR) is 73.7 cm³/mol. The zero-order valence-corrected chi connectivity index (χ0v) is 10.5. The third-order valence-electron chi connectivity index (χ3n) is 3.14. The molecule has 0 fully saturated rings. The van der Waals surface area contributed by atoms with Crippen LogP contribution in [0.15, 0.2) is 42.5 Å². The largest absolute Gasteiger partial charge is 0.508 e. The first-order chi connectivity index (χ1) is 9.63. The van der Waals surface area contributed by atoms with Crippen LogP contribution in [-0.4, -0.2) is 16.9 Å². The number of phenols is 1. The molecule has 5 nitrogen and oxygen atoms in total. The average molecular weight is 268 g/mol. The number of fused-ring (bicyclic) bond motifs is 1. The van der Waals surface area contributed by atoms with E-state index in [4.69, 9.17) is 0 Å². The Balaban J connectivity index is 1.78. The second-order valence-electron chi connectivity index (χ2n) is 4.57. The lowest BCUT2D eigenvalue weighted by molar-refractivity contribution is 0.0879. The summed E-state index contributed by atoms with van der Waals surface area (Å²) in [6.07, 6.45) is 0. The van der Waals surface area contributed by atoms with Gasteiger partial charge in [-0.2, -0.15) is 0 Å². The highest BCUT2D eigenvalue weighted by molar-refractivity contribution is 6.21. The fourth-order valence-electron chi connectivity index (χ4n) is 2.15. The number of aromatic hydroxyl groups is 1. The molecule has 0 bridgehead atoms. The molecule has 2 aromatic rings. The summed E-state index contributed by atoms with van der Waals surface area (Å²) in [6, 6.07) is 11.9. The maximum absolute atomic E-state index is 11.6. The molecule has 0 aliphatic carbocycles. The number of carbonyl (C=O) groups is 2. The fourth-order valence-corrected chi connectivity index (χ4v) is 2.15. The zero-order chi connectivity index (χ0) is 14.1. The fraction of sp³-hybridized carbons (Fsp3) is 0.0667. The topological polar surface area (TPSA) is 78.4 Å². The molecule has 1 aliphatic heterocycles. The highest BCUT2D eigenvalue weighted by Crippen LogP contribution is 2.21. The number of hydrogen-bond acceptors (Lipinski definition) is 4. The number of nitrogens with one attached hydrogen (secondary N) is 2. The Labute approximate surface area is 115 Å². The van der Waals surface area contributed by atoms with Crippen molar-refractivity contribution in [3.8, 4) is 5.75 Å². The minimum Gasteiger partial charge on any atom is -0.508 e. The molecule has 0 saturated heterocycles. The molecule has 2 aromatic carbocycles. The highest BCUT2D eigenvalue weighted by atomic mass is 16.3. The molecule has 100 valence electrons. The van der Waals surface area contributed by atoms with E-state index in [1.807, 2.05) is 6.07 Å². The molecule has 0 unspecified atom stereocenters. The van der Waals surface area contributed by atoms with E-state index < -0.39 is 0 Å². The van der Waals surface area contributed by atoms with Gasteiger partial charge in [0.15, 0.2) is 0 Å². The van der Waals surface area contributed by atoms with Crippen molar-refractivity contribution in [1.29, 1.82) is 0 Å². The van der Waals surface area contributed by atoms with Gasteiger partial charge in [0.1, 0.15) is 5.75 Å². The van der Waals surface area contributed by atoms with Gasteiger partial charge in [-0.1, -0.05) is 12.1 Å². The molecule has 2 amide bonds. The van der Waals surface area contributed by atoms with Crippen molar-refractivity contribution in [2.75, 3.05) is 5.32 Å². The lowest BCUT2D eigenvalue weighted by Crippen LogP contribution is -2.19. The Hall–Kier alpha value is -2.82. The maximum Gasteiger partial charge on any atom is 0.259 e. The van der Waals surface area contributed by atoms with Crippen LogP contribution in [0.3, 0.4) is 0 Å². The quantitative estimate of drug-likeness (QED) is 0.743. The molecule has 0 saturated carbocycles. The van der Waals surface area contributed by atoms with Crippen LogP contribution < -0.4 is 10.6 Å².